The Morgan fingerprint density at radius 3 is 2.64 bits per heavy atom. The largest absolute Gasteiger partial charge is 0.349 e. The Hall–Kier alpha value is -0.720. The Morgan fingerprint density at radius 2 is 2.00 bits per heavy atom. The van der Waals surface area contributed by atoms with E-state index < -0.39 is 0 Å². The van der Waals surface area contributed by atoms with Gasteiger partial charge in [0.2, 0.25) is 0 Å². The first kappa shape index (κ1) is 9.82. The zero-order valence-corrected chi connectivity index (χ0v) is 9.42. The van der Waals surface area contributed by atoms with Gasteiger partial charge in [-0.2, -0.15) is 0 Å². The number of hydrogen-bond acceptors (Lipinski definition) is 0. The maximum absolute atomic E-state index is 2.52. The Bertz CT molecular complexity index is 292. The summed E-state index contributed by atoms with van der Waals surface area (Å²) in [4.78, 5) is 0. The molecule has 0 spiro atoms. The summed E-state index contributed by atoms with van der Waals surface area (Å²) in [5, 5.41) is 0. The highest BCUT2D eigenvalue weighted by Crippen LogP contribution is 2.34. The molecule has 0 aliphatic heterocycles. The second-order valence-corrected chi connectivity index (χ2v) is 4.53. The van der Waals surface area contributed by atoms with Crippen molar-refractivity contribution >= 4 is 0 Å². The molecule has 1 aromatic rings. The van der Waals surface area contributed by atoms with Crippen molar-refractivity contribution < 1.29 is 0 Å². The molecule has 1 heteroatoms. The number of rotatable bonds is 3. The minimum absolute atomic E-state index is 0.857. The summed E-state index contributed by atoms with van der Waals surface area (Å²) < 4.78 is 2.52. The van der Waals surface area contributed by atoms with Crippen LogP contribution < -0.4 is 0 Å². The van der Waals surface area contributed by atoms with Gasteiger partial charge in [0.25, 0.3) is 0 Å². The first-order valence-electron chi connectivity index (χ1n) is 5.99. The molecule has 0 saturated heterocycles. The molecule has 2 rings (SSSR count). The minimum Gasteiger partial charge on any atom is -0.349 e. The van der Waals surface area contributed by atoms with Crippen LogP contribution in [-0.4, -0.2) is 4.57 Å². The van der Waals surface area contributed by atoms with Crippen LogP contribution in [0, 0.1) is 6.92 Å². The van der Waals surface area contributed by atoms with Crippen molar-refractivity contribution in [1.82, 2.24) is 4.57 Å². The van der Waals surface area contributed by atoms with Crippen LogP contribution in [0.3, 0.4) is 0 Å². The molecular weight excluding hydrogens is 170 g/mol. The first-order valence-corrected chi connectivity index (χ1v) is 5.99. The molecule has 1 heterocycles. The van der Waals surface area contributed by atoms with E-state index in [1.54, 1.807) is 5.69 Å². The average molecular weight is 191 g/mol. The molecule has 0 N–H and O–H groups in total. The fourth-order valence-corrected chi connectivity index (χ4v) is 2.70. The summed E-state index contributed by atoms with van der Waals surface area (Å²) in [7, 11) is 0. The molecule has 0 radical (unpaired) electrons. The molecule has 78 valence electrons. The highest BCUT2D eigenvalue weighted by atomic mass is 15.0. The SMILES string of the molecule is CCCn1c(C)ccc1C1CCCC1. The van der Waals surface area contributed by atoms with Gasteiger partial charge in [-0.15, -0.1) is 0 Å². The van der Waals surface area contributed by atoms with E-state index in [2.05, 4.69) is 30.5 Å². The van der Waals surface area contributed by atoms with E-state index in [0.717, 1.165) is 5.92 Å². The summed E-state index contributed by atoms with van der Waals surface area (Å²) in [5.41, 5.74) is 3.04. The van der Waals surface area contributed by atoms with Crippen molar-refractivity contribution in [1.29, 1.82) is 0 Å². The summed E-state index contributed by atoms with van der Waals surface area (Å²) in [6.07, 6.45) is 6.93. The molecule has 14 heavy (non-hydrogen) atoms. The highest BCUT2D eigenvalue weighted by molar-refractivity contribution is 5.19. The van der Waals surface area contributed by atoms with Gasteiger partial charge in [-0.3, -0.25) is 0 Å². The molecule has 1 saturated carbocycles. The molecule has 0 aromatic carbocycles. The minimum atomic E-state index is 0.857. The maximum Gasteiger partial charge on any atom is 0.0222 e. The molecule has 1 nitrogen and oxygen atoms in total. The molecule has 0 atom stereocenters. The second kappa shape index (κ2) is 4.20. The van der Waals surface area contributed by atoms with Gasteiger partial charge in [0.1, 0.15) is 0 Å². The molecule has 0 bridgehead atoms. The Kier molecular flexibility index (Phi) is 2.95. The van der Waals surface area contributed by atoms with Crippen LogP contribution >= 0.6 is 0 Å². The van der Waals surface area contributed by atoms with Gasteiger partial charge < -0.3 is 4.57 Å². The average Bonchev–Trinajstić information content (AvgIpc) is 2.77. The lowest BCUT2D eigenvalue weighted by atomic mass is 10.0. The van der Waals surface area contributed by atoms with Crippen LogP contribution in [0.5, 0.6) is 0 Å². The van der Waals surface area contributed by atoms with Crippen LogP contribution in [0.15, 0.2) is 12.1 Å². The Balaban J connectivity index is 2.22. The van der Waals surface area contributed by atoms with Crippen molar-refractivity contribution in [3.05, 3.63) is 23.5 Å². The molecule has 1 aromatic heterocycles. The zero-order valence-electron chi connectivity index (χ0n) is 9.42. The summed E-state index contributed by atoms with van der Waals surface area (Å²) in [6.45, 7) is 5.69. The number of nitrogens with zero attached hydrogens (tertiary/aromatic N) is 1. The van der Waals surface area contributed by atoms with Crippen LogP contribution in [0.25, 0.3) is 0 Å². The standard InChI is InChI=1S/C13H21N/c1-3-10-14-11(2)8-9-13(14)12-6-4-5-7-12/h8-9,12H,3-7,10H2,1-2H3. The number of hydrogen-bond donors (Lipinski definition) is 0. The normalized spacial score (nSPS) is 17.9. The van der Waals surface area contributed by atoms with Crippen LogP contribution in [0.2, 0.25) is 0 Å². The van der Waals surface area contributed by atoms with Crippen molar-refractivity contribution in [3.8, 4) is 0 Å². The molecule has 1 aliphatic carbocycles. The van der Waals surface area contributed by atoms with Crippen molar-refractivity contribution in [3.63, 3.8) is 0 Å². The molecular formula is C13H21N. The fourth-order valence-electron chi connectivity index (χ4n) is 2.70. The third-order valence-electron chi connectivity index (χ3n) is 3.45. The summed E-state index contributed by atoms with van der Waals surface area (Å²) in [5.74, 6) is 0.857. The smallest absolute Gasteiger partial charge is 0.0222 e. The van der Waals surface area contributed by atoms with Gasteiger partial charge in [-0.05, 0) is 44.2 Å². The molecule has 1 aliphatic rings. The predicted octanol–water partition coefficient (Wildman–Crippen LogP) is 3.86. The fraction of sp³-hybridized carbons (Fsp3) is 0.692. The van der Waals surface area contributed by atoms with Gasteiger partial charge in [0.15, 0.2) is 0 Å². The van der Waals surface area contributed by atoms with Crippen LogP contribution in [-0.2, 0) is 6.54 Å². The van der Waals surface area contributed by atoms with E-state index in [-0.39, 0.29) is 0 Å². The lowest BCUT2D eigenvalue weighted by Crippen LogP contribution is -2.07. The number of aryl methyl sites for hydroxylation is 1. The summed E-state index contributed by atoms with van der Waals surface area (Å²) in [6, 6.07) is 4.63. The number of aromatic nitrogens is 1. The second-order valence-electron chi connectivity index (χ2n) is 4.53. The zero-order chi connectivity index (χ0) is 9.97. The van der Waals surface area contributed by atoms with E-state index in [1.807, 2.05) is 0 Å². The maximum atomic E-state index is 2.52. The van der Waals surface area contributed by atoms with Gasteiger partial charge in [0, 0.05) is 17.9 Å². The summed E-state index contributed by atoms with van der Waals surface area (Å²) >= 11 is 0. The van der Waals surface area contributed by atoms with Crippen LogP contribution in [0.1, 0.15) is 56.3 Å². The molecule has 1 fully saturated rings. The van der Waals surface area contributed by atoms with E-state index in [0.29, 0.717) is 0 Å². The highest BCUT2D eigenvalue weighted by Gasteiger charge is 2.20. The monoisotopic (exact) mass is 191 g/mol. The van der Waals surface area contributed by atoms with Gasteiger partial charge in [0.05, 0.1) is 0 Å². The topological polar surface area (TPSA) is 4.93 Å². The molecule has 0 unspecified atom stereocenters. The van der Waals surface area contributed by atoms with Crippen molar-refractivity contribution in [2.75, 3.05) is 0 Å². The van der Waals surface area contributed by atoms with Gasteiger partial charge in [-0.25, -0.2) is 0 Å². The van der Waals surface area contributed by atoms with Crippen molar-refractivity contribution in [2.24, 2.45) is 0 Å². The predicted molar refractivity (Wildman–Crippen MR) is 60.7 cm³/mol. The van der Waals surface area contributed by atoms with E-state index in [9.17, 15) is 0 Å². The Morgan fingerprint density at radius 1 is 1.29 bits per heavy atom. The van der Waals surface area contributed by atoms with Crippen LogP contribution in [0.4, 0.5) is 0 Å². The third-order valence-corrected chi connectivity index (χ3v) is 3.45. The quantitative estimate of drug-likeness (QED) is 0.683. The lowest BCUT2D eigenvalue weighted by molar-refractivity contribution is 0.581. The first-order chi connectivity index (χ1) is 6.83. The Labute approximate surface area is 87.1 Å². The lowest BCUT2D eigenvalue weighted by Gasteiger charge is -2.15. The molecule has 0 amide bonds. The van der Waals surface area contributed by atoms with Gasteiger partial charge in [-0.1, -0.05) is 19.8 Å². The van der Waals surface area contributed by atoms with E-state index >= 15 is 0 Å². The van der Waals surface area contributed by atoms with E-state index in [1.165, 1.54) is 44.3 Å². The third kappa shape index (κ3) is 1.73. The van der Waals surface area contributed by atoms with E-state index in [4.69, 9.17) is 0 Å². The van der Waals surface area contributed by atoms with Gasteiger partial charge >= 0.3 is 0 Å². The van der Waals surface area contributed by atoms with Crippen molar-refractivity contribution in [2.45, 2.75) is 58.4 Å².